The molecule has 1 aliphatic rings. The number of piperidine rings is 1. The first kappa shape index (κ1) is 20.6. The van der Waals surface area contributed by atoms with Crippen molar-refractivity contribution < 1.29 is 26.0 Å². The Morgan fingerprint density at radius 1 is 0.929 bits per heavy atom. The predicted octanol–water partition coefficient (Wildman–Crippen LogP) is 2.81. The number of methoxy groups -OCH3 is 1. The molecule has 0 spiro atoms. The van der Waals surface area contributed by atoms with E-state index in [-0.39, 0.29) is 21.2 Å². The van der Waals surface area contributed by atoms with E-state index in [9.17, 15) is 21.2 Å². The van der Waals surface area contributed by atoms with Crippen molar-refractivity contribution in [3.8, 4) is 5.75 Å². The van der Waals surface area contributed by atoms with Gasteiger partial charge < -0.3 is 4.74 Å². The minimum atomic E-state index is -4.04. The van der Waals surface area contributed by atoms with Gasteiger partial charge in [0.1, 0.15) is 0 Å². The highest BCUT2D eigenvalue weighted by Gasteiger charge is 2.26. The first-order valence-electron chi connectivity index (χ1n) is 8.70. The summed E-state index contributed by atoms with van der Waals surface area (Å²) in [5.74, 6) is -0.862. The Hall–Kier alpha value is -2.17. The van der Waals surface area contributed by atoms with Crippen molar-refractivity contribution in [1.29, 1.82) is 0 Å². The zero-order chi connectivity index (χ0) is 20.4. The summed E-state index contributed by atoms with van der Waals surface area (Å²) in [6.07, 6.45) is 2.67. The molecule has 152 valence electrons. The molecule has 0 saturated carbocycles. The highest BCUT2D eigenvalue weighted by molar-refractivity contribution is 7.92. The summed E-state index contributed by atoms with van der Waals surface area (Å²) < 4.78 is 72.5. The van der Waals surface area contributed by atoms with Crippen LogP contribution < -0.4 is 9.46 Å². The topological polar surface area (TPSA) is 92.8 Å². The number of nitrogens with zero attached hydrogens (tertiary/aromatic N) is 1. The molecule has 10 heteroatoms. The van der Waals surface area contributed by atoms with Gasteiger partial charge in [-0.15, -0.1) is 0 Å². The van der Waals surface area contributed by atoms with E-state index in [0.29, 0.717) is 13.1 Å². The standard InChI is InChI=1S/C18H21FN2O5S2/c1-26-18-10-9-16(13-17(18)19)27(22,23)20-14-5-7-15(8-6-14)28(24,25)21-11-3-2-4-12-21/h5-10,13,20H,2-4,11-12H2,1H3. The number of hydrogen-bond acceptors (Lipinski definition) is 5. The molecule has 0 bridgehead atoms. The lowest BCUT2D eigenvalue weighted by Crippen LogP contribution is -2.35. The maximum Gasteiger partial charge on any atom is 0.262 e. The van der Waals surface area contributed by atoms with Gasteiger partial charge in [0, 0.05) is 18.8 Å². The fraction of sp³-hybridized carbons (Fsp3) is 0.333. The summed E-state index contributed by atoms with van der Waals surface area (Å²) in [7, 11) is -6.35. The number of sulfonamides is 2. The average Bonchev–Trinajstić information content (AvgIpc) is 2.68. The summed E-state index contributed by atoms with van der Waals surface area (Å²) >= 11 is 0. The van der Waals surface area contributed by atoms with Crippen LogP contribution in [0.1, 0.15) is 19.3 Å². The van der Waals surface area contributed by atoms with Gasteiger partial charge in [0.05, 0.1) is 16.9 Å². The van der Waals surface area contributed by atoms with Crippen molar-refractivity contribution in [2.75, 3.05) is 24.9 Å². The third kappa shape index (κ3) is 4.29. The molecule has 7 nitrogen and oxygen atoms in total. The first-order valence-corrected chi connectivity index (χ1v) is 11.6. The van der Waals surface area contributed by atoms with Gasteiger partial charge in [-0.05, 0) is 55.3 Å². The van der Waals surface area contributed by atoms with Crippen LogP contribution in [-0.4, -0.2) is 41.3 Å². The van der Waals surface area contributed by atoms with Gasteiger partial charge in [-0.2, -0.15) is 4.31 Å². The quantitative estimate of drug-likeness (QED) is 0.764. The molecule has 0 unspecified atom stereocenters. The van der Waals surface area contributed by atoms with E-state index in [0.717, 1.165) is 25.3 Å². The molecule has 0 aromatic heterocycles. The van der Waals surface area contributed by atoms with Crippen LogP contribution >= 0.6 is 0 Å². The monoisotopic (exact) mass is 428 g/mol. The van der Waals surface area contributed by atoms with Crippen LogP contribution in [0.2, 0.25) is 0 Å². The highest BCUT2D eigenvalue weighted by Crippen LogP contribution is 2.25. The van der Waals surface area contributed by atoms with Crippen molar-refractivity contribution in [2.24, 2.45) is 0 Å². The number of halogens is 1. The summed E-state index contributed by atoms with van der Waals surface area (Å²) in [6, 6.07) is 8.75. The van der Waals surface area contributed by atoms with Gasteiger partial charge in [0.2, 0.25) is 10.0 Å². The average molecular weight is 429 g/mol. The minimum Gasteiger partial charge on any atom is -0.494 e. The fourth-order valence-corrected chi connectivity index (χ4v) is 5.56. The summed E-state index contributed by atoms with van der Waals surface area (Å²) in [5.41, 5.74) is 0.175. The molecular formula is C18H21FN2O5S2. The molecule has 1 heterocycles. The minimum absolute atomic E-state index is 0.0637. The number of nitrogens with one attached hydrogen (secondary N) is 1. The highest BCUT2D eigenvalue weighted by atomic mass is 32.2. The summed E-state index contributed by atoms with van der Waals surface area (Å²) in [6.45, 7) is 0.972. The Morgan fingerprint density at radius 3 is 2.11 bits per heavy atom. The molecule has 0 aliphatic carbocycles. The van der Waals surface area contributed by atoms with Crippen molar-refractivity contribution >= 4 is 25.7 Å². The van der Waals surface area contributed by atoms with Crippen molar-refractivity contribution in [1.82, 2.24) is 4.31 Å². The SMILES string of the molecule is COc1ccc(S(=O)(=O)Nc2ccc(S(=O)(=O)N3CCCCC3)cc2)cc1F. The van der Waals surface area contributed by atoms with Crippen molar-refractivity contribution in [3.05, 3.63) is 48.3 Å². The molecule has 0 amide bonds. The Kier molecular flexibility index (Phi) is 5.92. The van der Waals surface area contributed by atoms with Crippen molar-refractivity contribution in [3.63, 3.8) is 0 Å². The molecule has 2 aromatic rings. The Labute approximate surface area is 164 Å². The third-order valence-corrected chi connectivity index (χ3v) is 7.78. The molecular weight excluding hydrogens is 407 g/mol. The van der Waals surface area contributed by atoms with Crippen LogP contribution in [0, 0.1) is 5.82 Å². The molecule has 1 N–H and O–H groups in total. The second-order valence-electron chi connectivity index (χ2n) is 6.39. The molecule has 28 heavy (non-hydrogen) atoms. The fourth-order valence-electron chi connectivity index (χ4n) is 2.98. The second-order valence-corrected chi connectivity index (χ2v) is 10.0. The van der Waals surface area contributed by atoms with Crippen LogP contribution in [0.15, 0.2) is 52.3 Å². The summed E-state index contributed by atoms with van der Waals surface area (Å²) in [4.78, 5) is -0.163. The van der Waals surface area contributed by atoms with Crippen LogP contribution in [0.4, 0.5) is 10.1 Å². The normalized spacial score (nSPS) is 15.9. The lowest BCUT2D eigenvalue weighted by molar-refractivity contribution is 0.346. The number of ether oxygens (including phenoxy) is 1. The maximum absolute atomic E-state index is 13.8. The van der Waals surface area contributed by atoms with Gasteiger partial charge in [0.25, 0.3) is 10.0 Å². The van der Waals surface area contributed by atoms with E-state index in [4.69, 9.17) is 4.74 Å². The zero-order valence-electron chi connectivity index (χ0n) is 15.3. The van der Waals surface area contributed by atoms with Crippen LogP contribution in [-0.2, 0) is 20.0 Å². The molecule has 1 saturated heterocycles. The lowest BCUT2D eigenvalue weighted by atomic mass is 10.2. The van der Waals surface area contributed by atoms with E-state index in [1.807, 2.05) is 0 Å². The molecule has 1 fully saturated rings. The van der Waals surface area contributed by atoms with E-state index in [1.165, 1.54) is 47.8 Å². The Bertz CT molecular complexity index is 1050. The van der Waals surface area contributed by atoms with Gasteiger partial charge in [0.15, 0.2) is 11.6 Å². The van der Waals surface area contributed by atoms with Gasteiger partial charge >= 0.3 is 0 Å². The number of benzene rings is 2. The van der Waals surface area contributed by atoms with E-state index < -0.39 is 25.9 Å². The lowest BCUT2D eigenvalue weighted by Gasteiger charge is -2.25. The van der Waals surface area contributed by atoms with Gasteiger partial charge in [-0.3, -0.25) is 4.72 Å². The molecule has 2 aromatic carbocycles. The molecule has 1 aliphatic heterocycles. The molecule has 3 rings (SSSR count). The third-order valence-electron chi connectivity index (χ3n) is 4.49. The molecule has 0 atom stereocenters. The Morgan fingerprint density at radius 2 is 1.54 bits per heavy atom. The van der Waals surface area contributed by atoms with Crippen LogP contribution in [0.25, 0.3) is 0 Å². The van der Waals surface area contributed by atoms with Crippen LogP contribution in [0.5, 0.6) is 5.75 Å². The van der Waals surface area contributed by atoms with Gasteiger partial charge in [-0.25, -0.2) is 21.2 Å². The Balaban J connectivity index is 1.79. The number of rotatable bonds is 6. The first-order chi connectivity index (χ1) is 13.2. The largest absolute Gasteiger partial charge is 0.494 e. The van der Waals surface area contributed by atoms with E-state index in [1.54, 1.807) is 0 Å². The maximum atomic E-state index is 13.8. The number of anilines is 1. The zero-order valence-corrected chi connectivity index (χ0v) is 16.9. The smallest absolute Gasteiger partial charge is 0.262 e. The van der Waals surface area contributed by atoms with E-state index in [2.05, 4.69) is 4.72 Å². The van der Waals surface area contributed by atoms with Gasteiger partial charge in [-0.1, -0.05) is 6.42 Å². The van der Waals surface area contributed by atoms with Crippen molar-refractivity contribution in [2.45, 2.75) is 29.1 Å². The number of hydrogen-bond donors (Lipinski definition) is 1. The summed E-state index contributed by atoms with van der Waals surface area (Å²) in [5, 5.41) is 0. The van der Waals surface area contributed by atoms with E-state index >= 15 is 0 Å². The van der Waals surface area contributed by atoms with Crippen LogP contribution in [0.3, 0.4) is 0 Å². The second kappa shape index (κ2) is 8.06. The predicted molar refractivity (Wildman–Crippen MR) is 103 cm³/mol. The molecule has 0 radical (unpaired) electrons.